The highest BCUT2D eigenvalue weighted by molar-refractivity contribution is 7.80. The molecule has 1 heterocycles. The molecule has 1 saturated heterocycles. The molecule has 1 rings (SSSR count). The standard InChI is InChI=1S/C14H26N2O2S/c1-10(2)4-5-11(3)16-13(17)14(12(15)19)6-8-18-9-7-14/h10-11H,4-9H2,1-3H3,(H2,15,19)(H,16,17). The molecule has 0 aliphatic carbocycles. The molecule has 1 amide bonds. The van der Waals surface area contributed by atoms with Crippen LogP contribution in [-0.2, 0) is 9.53 Å². The number of amides is 1. The van der Waals surface area contributed by atoms with Gasteiger partial charge in [-0.15, -0.1) is 0 Å². The summed E-state index contributed by atoms with van der Waals surface area (Å²) in [5, 5.41) is 3.07. The summed E-state index contributed by atoms with van der Waals surface area (Å²) in [4.78, 5) is 12.8. The van der Waals surface area contributed by atoms with Crippen LogP contribution in [0.4, 0.5) is 0 Å². The van der Waals surface area contributed by atoms with Crippen molar-refractivity contribution < 1.29 is 9.53 Å². The van der Waals surface area contributed by atoms with Crippen LogP contribution in [0.25, 0.3) is 0 Å². The van der Waals surface area contributed by atoms with E-state index in [1.807, 2.05) is 6.92 Å². The van der Waals surface area contributed by atoms with E-state index in [1.54, 1.807) is 0 Å². The fraction of sp³-hybridized carbons (Fsp3) is 0.857. The minimum Gasteiger partial charge on any atom is -0.392 e. The van der Waals surface area contributed by atoms with Crippen molar-refractivity contribution in [1.82, 2.24) is 5.32 Å². The molecule has 19 heavy (non-hydrogen) atoms. The first kappa shape index (κ1) is 16.4. The summed E-state index contributed by atoms with van der Waals surface area (Å²) in [6.07, 6.45) is 3.26. The number of carbonyl (C=O) groups excluding carboxylic acids is 1. The quantitative estimate of drug-likeness (QED) is 0.733. The van der Waals surface area contributed by atoms with Crippen molar-refractivity contribution >= 4 is 23.1 Å². The second kappa shape index (κ2) is 7.20. The maximum Gasteiger partial charge on any atom is 0.233 e. The van der Waals surface area contributed by atoms with Gasteiger partial charge in [0, 0.05) is 19.3 Å². The molecule has 1 atom stereocenters. The van der Waals surface area contributed by atoms with Crippen molar-refractivity contribution in [2.45, 2.75) is 52.5 Å². The Morgan fingerprint density at radius 3 is 2.37 bits per heavy atom. The van der Waals surface area contributed by atoms with Crippen LogP contribution in [0.2, 0.25) is 0 Å². The molecule has 0 spiro atoms. The molecule has 0 aromatic heterocycles. The van der Waals surface area contributed by atoms with E-state index in [0.29, 0.717) is 37.0 Å². The van der Waals surface area contributed by atoms with E-state index in [0.717, 1.165) is 12.8 Å². The highest BCUT2D eigenvalue weighted by Gasteiger charge is 2.43. The number of nitrogens with one attached hydrogen (secondary N) is 1. The number of hydrogen-bond donors (Lipinski definition) is 2. The minimum absolute atomic E-state index is 0.0282. The Bertz CT molecular complexity index is 325. The van der Waals surface area contributed by atoms with Crippen LogP contribution in [0.5, 0.6) is 0 Å². The molecule has 0 aromatic rings. The lowest BCUT2D eigenvalue weighted by atomic mass is 9.79. The van der Waals surface area contributed by atoms with Crippen LogP contribution in [0.3, 0.4) is 0 Å². The zero-order chi connectivity index (χ0) is 14.5. The third-order valence-corrected chi connectivity index (χ3v) is 4.20. The van der Waals surface area contributed by atoms with E-state index < -0.39 is 5.41 Å². The van der Waals surface area contributed by atoms with Crippen LogP contribution >= 0.6 is 12.2 Å². The molecule has 1 fully saturated rings. The van der Waals surface area contributed by atoms with E-state index in [1.165, 1.54) is 0 Å². The van der Waals surface area contributed by atoms with Gasteiger partial charge in [0.15, 0.2) is 0 Å². The normalized spacial score (nSPS) is 20.0. The van der Waals surface area contributed by atoms with Gasteiger partial charge < -0.3 is 15.8 Å². The molecule has 0 bridgehead atoms. The Labute approximate surface area is 121 Å². The van der Waals surface area contributed by atoms with Gasteiger partial charge in [-0.05, 0) is 38.5 Å². The molecule has 110 valence electrons. The van der Waals surface area contributed by atoms with E-state index in [2.05, 4.69) is 19.2 Å². The maximum absolute atomic E-state index is 12.5. The van der Waals surface area contributed by atoms with E-state index in [4.69, 9.17) is 22.7 Å². The largest absolute Gasteiger partial charge is 0.392 e. The Balaban J connectivity index is 2.60. The molecule has 0 aromatic carbocycles. The predicted molar refractivity (Wildman–Crippen MR) is 80.9 cm³/mol. The molecule has 5 heteroatoms. The molecular weight excluding hydrogens is 260 g/mol. The van der Waals surface area contributed by atoms with Gasteiger partial charge in [0.25, 0.3) is 0 Å². The van der Waals surface area contributed by atoms with Crippen molar-refractivity contribution in [3.05, 3.63) is 0 Å². The summed E-state index contributed by atoms with van der Waals surface area (Å²) in [5.74, 6) is 0.617. The van der Waals surface area contributed by atoms with Gasteiger partial charge in [-0.3, -0.25) is 4.79 Å². The lowest BCUT2D eigenvalue weighted by Gasteiger charge is -2.35. The van der Waals surface area contributed by atoms with Crippen molar-refractivity contribution in [3.8, 4) is 0 Å². The van der Waals surface area contributed by atoms with Gasteiger partial charge in [0.2, 0.25) is 5.91 Å². The van der Waals surface area contributed by atoms with E-state index >= 15 is 0 Å². The van der Waals surface area contributed by atoms with Crippen LogP contribution in [0.1, 0.15) is 46.5 Å². The minimum atomic E-state index is -0.709. The lowest BCUT2D eigenvalue weighted by Crippen LogP contribution is -2.53. The summed E-state index contributed by atoms with van der Waals surface area (Å²) < 4.78 is 5.31. The molecule has 1 unspecified atom stereocenters. The third kappa shape index (κ3) is 4.42. The maximum atomic E-state index is 12.5. The summed E-state index contributed by atoms with van der Waals surface area (Å²) in [5.41, 5.74) is 5.11. The topological polar surface area (TPSA) is 64.4 Å². The first-order valence-electron chi connectivity index (χ1n) is 7.07. The first-order chi connectivity index (χ1) is 8.88. The van der Waals surface area contributed by atoms with Crippen molar-refractivity contribution in [2.75, 3.05) is 13.2 Å². The highest BCUT2D eigenvalue weighted by atomic mass is 32.1. The monoisotopic (exact) mass is 286 g/mol. The first-order valence-corrected chi connectivity index (χ1v) is 7.48. The average molecular weight is 286 g/mol. The van der Waals surface area contributed by atoms with Crippen LogP contribution < -0.4 is 11.1 Å². The number of carbonyl (C=O) groups is 1. The zero-order valence-corrected chi connectivity index (χ0v) is 13.0. The average Bonchev–Trinajstić information content (AvgIpc) is 2.36. The van der Waals surface area contributed by atoms with Crippen LogP contribution in [0, 0.1) is 11.3 Å². The molecule has 0 radical (unpaired) electrons. The van der Waals surface area contributed by atoms with Gasteiger partial charge in [-0.1, -0.05) is 26.1 Å². The summed E-state index contributed by atoms with van der Waals surface area (Å²) in [6, 6.07) is 0.156. The number of nitrogens with two attached hydrogens (primary N) is 1. The molecule has 4 nitrogen and oxygen atoms in total. The highest BCUT2D eigenvalue weighted by Crippen LogP contribution is 2.31. The van der Waals surface area contributed by atoms with E-state index in [9.17, 15) is 4.79 Å². The molecule has 1 aliphatic heterocycles. The molecule has 1 aliphatic rings. The van der Waals surface area contributed by atoms with Gasteiger partial charge in [0.05, 0.1) is 4.99 Å². The fourth-order valence-electron chi connectivity index (χ4n) is 2.32. The summed E-state index contributed by atoms with van der Waals surface area (Å²) in [6.45, 7) is 7.50. The van der Waals surface area contributed by atoms with Gasteiger partial charge in [0.1, 0.15) is 5.41 Å². The Morgan fingerprint density at radius 2 is 1.89 bits per heavy atom. The lowest BCUT2D eigenvalue weighted by molar-refractivity contribution is -0.132. The number of hydrogen-bond acceptors (Lipinski definition) is 3. The van der Waals surface area contributed by atoms with Gasteiger partial charge in [-0.25, -0.2) is 0 Å². The van der Waals surface area contributed by atoms with Crippen molar-refractivity contribution in [2.24, 2.45) is 17.1 Å². The third-order valence-electron chi connectivity index (χ3n) is 3.81. The van der Waals surface area contributed by atoms with Crippen LogP contribution in [0.15, 0.2) is 0 Å². The smallest absolute Gasteiger partial charge is 0.233 e. The second-order valence-electron chi connectivity index (χ2n) is 5.90. The number of ether oxygens (including phenoxy) is 1. The van der Waals surface area contributed by atoms with Crippen LogP contribution in [-0.4, -0.2) is 30.2 Å². The van der Waals surface area contributed by atoms with Crippen molar-refractivity contribution in [3.63, 3.8) is 0 Å². The fourth-order valence-corrected chi connectivity index (χ4v) is 2.62. The van der Waals surface area contributed by atoms with E-state index in [-0.39, 0.29) is 11.9 Å². The van der Waals surface area contributed by atoms with Crippen molar-refractivity contribution in [1.29, 1.82) is 0 Å². The second-order valence-corrected chi connectivity index (χ2v) is 6.34. The predicted octanol–water partition coefficient (Wildman–Crippen LogP) is 2.01. The molecule has 0 saturated carbocycles. The molecular formula is C14H26N2O2S. The zero-order valence-electron chi connectivity index (χ0n) is 12.2. The summed E-state index contributed by atoms with van der Waals surface area (Å²) >= 11 is 5.12. The molecule has 3 N–H and O–H groups in total. The van der Waals surface area contributed by atoms with Gasteiger partial charge in [-0.2, -0.15) is 0 Å². The Kier molecular flexibility index (Phi) is 6.20. The number of thiocarbonyl (C=S) groups is 1. The Morgan fingerprint density at radius 1 is 1.32 bits per heavy atom. The summed E-state index contributed by atoms with van der Waals surface area (Å²) in [7, 11) is 0. The number of rotatable bonds is 6. The van der Waals surface area contributed by atoms with Gasteiger partial charge >= 0.3 is 0 Å². The Hall–Kier alpha value is -0.680. The SMILES string of the molecule is CC(C)CCC(C)NC(=O)C1(C(N)=S)CCOCC1.